The van der Waals surface area contributed by atoms with E-state index in [2.05, 4.69) is 15.4 Å². The molecule has 0 aliphatic rings. The van der Waals surface area contributed by atoms with Crippen molar-refractivity contribution in [3.63, 3.8) is 0 Å². The maximum Gasteiger partial charge on any atom is 0.236 e. The molecule has 24 heavy (non-hydrogen) atoms. The van der Waals surface area contributed by atoms with E-state index in [1.165, 1.54) is 0 Å². The molecule has 122 valence electrons. The molecule has 3 heterocycles. The highest BCUT2D eigenvalue weighted by atomic mass is 35.5. The van der Waals surface area contributed by atoms with Crippen LogP contribution in [0.2, 0.25) is 10.0 Å². The lowest BCUT2D eigenvalue weighted by atomic mass is 10.1. The summed E-state index contributed by atoms with van der Waals surface area (Å²) in [4.78, 5) is 0. The predicted octanol–water partition coefficient (Wildman–Crippen LogP) is 3.85. The third-order valence-corrected chi connectivity index (χ3v) is 4.61. The molecule has 2 N–H and O–H groups in total. The number of H-pyrrole nitrogens is 1. The quantitative estimate of drug-likeness (QED) is 0.577. The van der Waals surface area contributed by atoms with Crippen molar-refractivity contribution < 1.29 is 9.63 Å². The molecule has 4 rings (SSSR count). The number of nitrogens with zero attached hydrogens (tertiary/aromatic N) is 3. The molecule has 6 nitrogen and oxygen atoms in total. The predicted molar refractivity (Wildman–Crippen MR) is 91.7 cm³/mol. The van der Waals surface area contributed by atoms with Gasteiger partial charge in [-0.2, -0.15) is 5.10 Å². The molecule has 0 bridgehead atoms. The van der Waals surface area contributed by atoms with E-state index in [-0.39, 0.29) is 6.61 Å². The summed E-state index contributed by atoms with van der Waals surface area (Å²) < 4.78 is 7.22. The fourth-order valence-electron chi connectivity index (χ4n) is 2.70. The second kappa shape index (κ2) is 5.98. The van der Waals surface area contributed by atoms with Crippen LogP contribution in [-0.4, -0.2) is 31.6 Å². The molecule has 0 radical (unpaired) electrons. The van der Waals surface area contributed by atoms with Crippen LogP contribution in [0.5, 0.6) is 0 Å². The molecule has 0 saturated carbocycles. The number of aromatic amines is 1. The highest BCUT2D eigenvalue weighted by molar-refractivity contribution is 6.45. The minimum Gasteiger partial charge on any atom is -0.396 e. The Hall–Kier alpha value is -2.28. The summed E-state index contributed by atoms with van der Waals surface area (Å²) in [5.74, 6) is 0.502. The van der Waals surface area contributed by atoms with Gasteiger partial charge in [-0.25, -0.2) is 0 Å². The normalized spacial score (nSPS) is 11.5. The van der Waals surface area contributed by atoms with Crippen molar-refractivity contribution in [2.75, 3.05) is 6.61 Å². The Kier molecular flexibility index (Phi) is 3.80. The first-order chi connectivity index (χ1) is 11.7. The standard InChI is InChI=1S/C16H12Cl2N4O2/c17-13-2-1-11-12(9-6-19-20-7-9)8-22(16(11)15(13)18)14-5-10(3-4-23)21-24-14/h1-2,5-8,23H,3-4H2,(H,19,20). The summed E-state index contributed by atoms with van der Waals surface area (Å²) in [7, 11) is 0. The molecule has 0 aliphatic heterocycles. The van der Waals surface area contributed by atoms with E-state index in [1.54, 1.807) is 29.1 Å². The highest BCUT2D eigenvalue weighted by Gasteiger charge is 2.19. The van der Waals surface area contributed by atoms with Crippen LogP contribution in [-0.2, 0) is 6.42 Å². The number of aliphatic hydroxyl groups excluding tert-OH is 1. The molecule has 4 aromatic rings. The van der Waals surface area contributed by atoms with Crippen LogP contribution in [0.4, 0.5) is 0 Å². The number of nitrogens with one attached hydrogen (secondary N) is 1. The first-order valence-corrected chi connectivity index (χ1v) is 7.99. The minimum absolute atomic E-state index is 0.00521. The Morgan fingerprint density at radius 2 is 2.17 bits per heavy atom. The van der Waals surface area contributed by atoms with Crippen LogP contribution in [0.3, 0.4) is 0 Å². The van der Waals surface area contributed by atoms with E-state index in [4.69, 9.17) is 32.8 Å². The molecule has 1 aromatic carbocycles. The Balaban J connectivity index is 1.98. The Morgan fingerprint density at radius 1 is 1.29 bits per heavy atom. The van der Waals surface area contributed by atoms with Gasteiger partial charge >= 0.3 is 0 Å². The minimum atomic E-state index is 0.00521. The molecule has 0 fully saturated rings. The summed E-state index contributed by atoms with van der Waals surface area (Å²) >= 11 is 12.6. The van der Waals surface area contributed by atoms with Crippen molar-refractivity contribution in [1.82, 2.24) is 19.9 Å². The molecule has 0 aliphatic carbocycles. The summed E-state index contributed by atoms with van der Waals surface area (Å²) in [6.45, 7) is 0.00521. The van der Waals surface area contributed by atoms with E-state index in [0.717, 1.165) is 22.0 Å². The third-order valence-electron chi connectivity index (χ3n) is 3.82. The van der Waals surface area contributed by atoms with Crippen LogP contribution in [0, 0.1) is 0 Å². The molecule has 0 unspecified atom stereocenters. The molecule has 8 heteroatoms. The lowest BCUT2D eigenvalue weighted by Crippen LogP contribution is -1.91. The summed E-state index contributed by atoms with van der Waals surface area (Å²) in [5.41, 5.74) is 3.26. The van der Waals surface area contributed by atoms with Gasteiger partial charge in [0.1, 0.15) is 0 Å². The summed E-state index contributed by atoms with van der Waals surface area (Å²) in [6, 6.07) is 5.44. The van der Waals surface area contributed by atoms with Crippen LogP contribution >= 0.6 is 23.2 Å². The third kappa shape index (κ3) is 2.39. The highest BCUT2D eigenvalue weighted by Crippen LogP contribution is 2.39. The largest absolute Gasteiger partial charge is 0.396 e. The maximum atomic E-state index is 9.04. The Labute approximate surface area is 146 Å². The summed E-state index contributed by atoms with van der Waals surface area (Å²) in [6.07, 6.45) is 5.87. The maximum absolute atomic E-state index is 9.04. The van der Waals surface area contributed by atoms with Gasteiger partial charge in [0.25, 0.3) is 0 Å². The van der Waals surface area contributed by atoms with Crippen molar-refractivity contribution in [3.05, 3.63) is 52.5 Å². The van der Waals surface area contributed by atoms with Crippen molar-refractivity contribution in [1.29, 1.82) is 0 Å². The van der Waals surface area contributed by atoms with Crippen LogP contribution in [0.25, 0.3) is 27.9 Å². The molecule has 0 amide bonds. The van der Waals surface area contributed by atoms with Crippen molar-refractivity contribution >= 4 is 34.1 Å². The van der Waals surface area contributed by atoms with E-state index in [9.17, 15) is 0 Å². The zero-order valence-electron chi connectivity index (χ0n) is 12.3. The van der Waals surface area contributed by atoms with Crippen molar-refractivity contribution in [3.8, 4) is 17.0 Å². The van der Waals surface area contributed by atoms with Gasteiger partial charge in [0.2, 0.25) is 5.88 Å². The zero-order valence-corrected chi connectivity index (χ0v) is 13.8. The van der Waals surface area contributed by atoms with E-state index in [1.807, 2.05) is 12.3 Å². The lowest BCUT2D eigenvalue weighted by Gasteiger charge is -2.03. The fraction of sp³-hybridized carbons (Fsp3) is 0.125. The van der Waals surface area contributed by atoms with Gasteiger partial charge in [-0.1, -0.05) is 34.4 Å². The second-order valence-electron chi connectivity index (χ2n) is 5.29. The van der Waals surface area contributed by atoms with Gasteiger partial charge in [0.15, 0.2) is 0 Å². The zero-order chi connectivity index (χ0) is 16.7. The molecular weight excluding hydrogens is 351 g/mol. The molecular formula is C16H12Cl2N4O2. The Bertz CT molecular complexity index is 1000. The monoisotopic (exact) mass is 362 g/mol. The number of aromatic nitrogens is 4. The van der Waals surface area contributed by atoms with Gasteiger partial charge in [-0.3, -0.25) is 9.67 Å². The summed E-state index contributed by atoms with van der Waals surface area (Å²) in [5, 5.41) is 21.6. The molecule has 0 saturated heterocycles. The molecule has 0 spiro atoms. The number of halogens is 2. The molecule has 0 atom stereocenters. The van der Waals surface area contributed by atoms with E-state index < -0.39 is 0 Å². The number of fused-ring (bicyclic) bond motifs is 1. The van der Waals surface area contributed by atoms with Crippen LogP contribution in [0.15, 0.2) is 41.3 Å². The number of hydrogen-bond acceptors (Lipinski definition) is 4. The van der Waals surface area contributed by atoms with Gasteiger partial charge < -0.3 is 9.63 Å². The van der Waals surface area contributed by atoms with Crippen LogP contribution in [0.1, 0.15) is 5.69 Å². The van der Waals surface area contributed by atoms with Gasteiger partial charge in [-0.15, -0.1) is 0 Å². The number of rotatable bonds is 4. The van der Waals surface area contributed by atoms with Crippen molar-refractivity contribution in [2.45, 2.75) is 6.42 Å². The fourth-order valence-corrected chi connectivity index (χ4v) is 3.11. The first kappa shape index (κ1) is 15.3. The SMILES string of the molecule is OCCc1cc(-n2cc(-c3cn[nH]c3)c3ccc(Cl)c(Cl)c32)on1. The Morgan fingerprint density at radius 3 is 2.92 bits per heavy atom. The van der Waals surface area contributed by atoms with Gasteiger partial charge in [-0.05, 0) is 6.07 Å². The van der Waals surface area contributed by atoms with E-state index in [0.29, 0.717) is 28.0 Å². The smallest absolute Gasteiger partial charge is 0.236 e. The van der Waals surface area contributed by atoms with E-state index >= 15 is 0 Å². The topological polar surface area (TPSA) is 79.9 Å². The number of benzene rings is 1. The van der Waals surface area contributed by atoms with Crippen LogP contribution < -0.4 is 0 Å². The van der Waals surface area contributed by atoms with Crippen molar-refractivity contribution in [2.24, 2.45) is 0 Å². The second-order valence-corrected chi connectivity index (χ2v) is 6.07. The first-order valence-electron chi connectivity index (χ1n) is 7.24. The van der Waals surface area contributed by atoms with Gasteiger partial charge in [0.05, 0.1) is 27.5 Å². The lowest BCUT2D eigenvalue weighted by molar-refractivity contribution is 0.294. The average Bonchev–Trinajstić information content (AvgIpc) is 3.29. The van der Waals surface area contributed by atoms with Gasteiger partial charge in [0, 0.05) is 48.0 Å². The molecule has 3 aromatic heterocycles. The number of hydrogen-bond donors (Lipinski definition) is 2. The number of aliphatic hydroxyl groups is 1. The average molecular weight is 363 g/mol.